The number of ether oxygens (including phenoxy) is 3. The van der Waals surface area contributed by atoms with Crippen LogP contribution >= 0.6 is 7.82 Å². The molecule has 13 atom stereocenters. The van der Waals surface area contributed by atoms with Gasteiger partial charge in [0.2, 0.25) is 0 Å². The predicted octanol–water partition coefficient (Wildman–Crippen LogP) is 6.50. The maximum absolute atomic E-state index is 13.6. The molecule has 392 valence electrons. The lowest BCUT2D eigenvalue weighted by Gasteiger charge is -2.39. The number of carbonyl (C=O) groups is 2. The topological polar surface area (TPSA) is 279 Å². The van der Waals surface area contributed by atoms with E-state index in [1.807, 2.05) is 6.92 Å². The lowest BCUT2D eigenvalue weighted by molar-refractivity contribution is -0.213. The molecule has 0 saturated carbocycles. The van der Waals surface area contributed by atoms with Gasteiger partial charge < -0.3 is 60.0 Å². The molecule has 0 amide bonds. The predicted molar refractivity (Wildman–Crippen MR) is 252 cm³/mol. The van der Waals surface area contributed by atoms with Crippen LogP contribution in [0.15, 0.2) is 24.3 Å². The highest BCUT2D eigenvalue weighted by Gasteiger charge is 2.48. The monoisotopic (exact) mass is 981 g/mol. The molecule has 0 aromatic carbocycles. The number of allylic oxidation sites excluding steroid dienone is 2. The van der Waals surface area contributed by atoms with Crippen LogP contribution in [-0.2, 0) is 37.4 Å². The Kier molecular flexibility index (Phi) is 33.1. The van der Waals surface area contributed by atoms with Crippen molar-refractivity contribution in [3.63, 3.8) is 0 Å². The maximum atomic E-state index is 13.6. The van der Waals surface area contributed by atoms with Gasteiger partial charge in [-0.25, -0.2) is 4.57 Å². The highest BCUT2D eigenvalue weighted by Crippen LogP contribution is 2.47. The Hall–Kier alpha value is -1.83. The Balaban J connectivity index is 2.14. The summed E-state index contributed by atoms with van der Waals surface area (Å²) in [5.41, 5.74) is 0. The van der Waals surface area contributed by atoms with Gasteiger partial charge in [0.25, 0.3) is 0 Å². The molecule has 2 heterocycles. The SMILES string of the molecule is CCCCCCCCCCCCCCCCCCCC(=O)O[C@@H]1COC(=O)CCCC=CC[C@@H]2[C@@H](O)[C@H](O)[C@@H](O)[C@H](OP(=O)(O)OC1)[C@H](O)[C@H](O)[C@@H](/C=C/[C@@H](O)CCCCC)OC(O)C[C@@H]2O. The number of fused-ring (bicyclic) bond motifs is 4. The van der Waals surface area contributed by atoms with Gasteiger partial charge in [-0.1, -0.05) is 160 Å². The number of hydrogen-bond donors (Lipinski definition) is 9. The number of esters is 2. The van der Waals surface area contributed by atoms with Crippen LogP contribution < -0.4 is 0 Å². The number of unbranched alkanes of at least 4 members (excludes halogenated alkanes) is 18. The minimum atomic E-state index is -5.47. The molecule has 18 heteroatoms. The highest BCUT2D eigenvalue weighted by molar-refractivity contribution is 7.47. The van der Waals surface area contributed by atoms with Gasteiger partial charge in [0, 0.05) is 25.2 Å². The van der Waals surface area contributed by atoms with E-state index in [-0.39, 0.29) is 19.3 Å². The molecule has 17 nitrogen and oxygen atoms in total. The first kappa shape index (κ1) is 61.3. The van der Waals surface area contributed by atoms with Gasteiger partial charge in [0.1, 0.15) is 43.2 Å². The number of rotatable bonds is 25. The summed E-state index contributed by atoms with van der Waals surface area (Å²) < 4.78 is 40.4. The second-order valence-corrected chi connectivity index (χ2v) is 20.0. The normalized spacial score (nSPS) is 31.6. The van der Waals surface area contributed by atoms with Crippen molar-refractivity contribution in [1.82, 2.24) is 0 Å². The Bertz CT molecular complexity index is 1400. The molecule has 1 saturated heterocycles. The van der Waals surface area contributed by atoms with E-state index < -0.39 is 113 Å². The van der Waals surface area contributed by atoms with E-state index in [0.29, 0.717) is 32.1 Å². The van der Waals surface area contributed by atoms with E-state index in [1.165, 1.54) is 83.1 Å². The number of carbonyl (C=O) groups excluding carboxylic acids is 2. The van der Waals surface area contributed by atoms with Crippen LogP contribution in [0.1, 0.15) is 187 Å². The molecule has 2 bridgehead atoms. The van der Waals surface area contributed by atoms with Gasteiger partial charge in [-0.05, 0) is 32.1 Å². The summed E-state index contributed by atoms with van der Waals surface area (Å²) in [5, 5.41) is 89.5. The van der Waals surface area contributed by atoms with Crippen molar-refractivity contribution in [3.05, 3.63) is 24.3 Å². The molecule has 0 spiro atoms. The van der Waals surface area contributed by atoms with Crippen molar-refractivity contribution < 1.29 is 83.2 Å². The number of hydrogen-bond acceptors (Lipinski definition) is 16. The van der Waals surface area contributed by atoms with Crippen LogP contribution in [0.2, 0.25) is 0 Å². The molecule has 2 unspecified atom stereocenters. The third-order valence-electron chi connectivity index (χ3n) is 12.6. The first-order chi connectivity index (χ1) is 32.1. The number of aliphatic hydroxyl groups is 8. The van der Waals surface area contributed by atoms with Crippen LogP contribution in [0, 0.1) is 5.92 Å². The molecule has 2 aliphatic heterocycles. The minimum absolute atomic E-state index is 0.0269. The largest absolute Gasteiger partial charge is 0.472 e. The van der Waals surface area contributed by atoms with E-state index in [1.54, 1.807) is 12.2 Å². The average Bonchev–Trinajstić information content (AvgIpc) is 3.29. The van der Waals surface area contributed by atoms with E-state index in [4.69, 9.17) is 23.3 Å². The fourth-order valence-electron chi connectivity index (χ4n) is 8.39. The van der Waals surface area contributed by atoms with E-state index in [0.717, 1.165) is 44.6 Å². The molecular formula is C49H89O17P. The third kappa shape index (κ3) is 26.8. The number of phosphoric acid groups is 1. The van der Waals surface area contributed by atoms with Gasteiger partial charge >= 0.3 is 19.8 Å². The molecule has 2 aliphatic rings. The van der Waals surface area contributed by atoms with Crippen molar-refractivity contribution in [2.45, 2.75) is 255 Å². The molecule has 1 fully saturated rings. The second-order valence-electron chi connectivity index (χ2n) is 18.6. The standard InChI is InChI=1S/C49H89O17P/c1-3-5-7-8-9-10-11-12-13-14-15-16-17-18-19-20-26-30-42(53)64-37-34-62-41(52)29-25-22-21-24-28-38-39(51)33-43(54)65-40(32-31-36(50)27-23-6-4-2)45(56)47(58)49(48(59)46(57)44(38)55)66-67(60,61)63-35-37/h21,24,31-32,36-40,43-51,54-59H,3-20,22-23,25-30,33-35H2,1-2H3,(H,60,61)/b24-21?,32-31+/t36-,37+,38-,39-,40+,43?,44+,45+,46-,47+,48+,49+/m0/s1. The Morgan fingerprint density at radius 1 is 0.746 bits per heavy atom. The lowest BCUT2D eigenvalue weighted by atomic mass is 9.83. The fraction of sp³-hybridized carbons (Fsp3) is 0.878. The summed E-state index contributed by atoms with van der Waals surface area (Å²) in [6.45, 7) is 2.81. The molecule has 0 radical (unpaired) electrons. The number of cyclic esters (lactones) is 1. The summed E-state index contributed by atoms with van der Waals surface area (Å²) in [6, 6.07) is 0. The van der Waals surface area contributed by atoms with Crippen LogP contribution in [0.25, 0.3) is 0 Å². The molecule has 0 aliphatic carbocycles. The van der Waals surface area contributed by atoms with Crippen LogP contribution in [0.3, 0.4) is 0 Å². The summed E-state index contributed by atoms with van der Waals surface area (Å²) in [7, 11) is -5.47. The van der Waals surface area contributed by atoms with Crippen LogP contribution in [0.5, 0.6) is 0 Å². The van der Waals surface area contributed by atoms with Gasteiger partial charge in [-0.3, -0.25) is 18.6 Å². The fourth-order valence-corrected chi connectivity index (χ4v) is 9.37. The number of phosphoric ester groups is 1. The first-order valence-corrected chi connectivity index (χ1v) is 27.0. The lowest BCUT2D eigenvalue weighted by Crippen LogP contribution is -2.58. The third-order valence-corrected chi connectivity index (χ3v) is 13.6. The van der Waals surface area contributed by atoms with Crippen molar-refractivity contribution in [2.75, 3.05) is 13.2 Å². The highest BCUT2D eigenvalue weighted by atomic mass is 31.2. The van der Waals surface area contributed by atoms with E-state index in [2.05, 4.69) is 6.92 Å². The molecule has 67 heavy (non-hydrogen) atoms. The molecule has 0 aromatic heterocycles. The summed E-state index contributed by atoms with van der Waals surface area (Å²) >= 11 is 0. The summed E-state index contributed by atoms with van der Waals surface area (Å²) in [5.74, 6) is -2.62. The summed E-state index contributed by atoms with van der Waals surface area (Å²) in [6.07, 6.45) is 6.97. The second kappa shape index (κ2) is 36.1. The minimum Gasteiger partial charge on any atom is -0.462 e. The van der Waals surface area contributed by atoms with Crippen LogP contribution in [0.4, 0.5) is 0 Å². The quantitative estimate of drug-likeness (QED) is 0.0204. The zero-order valence-electron chi connectivity index (χ0n) is 40.5. The Morgan fingerprint density at radius 2 is 1.30 bits per heavy atom. The average molecular weight is 981 g/mol. The van der Waals surface area contributed by atoms with E-state index >= 15 is 0 Å². The maximum Gasteiger partial charge on any atom is 0.472 e. The van der Waals surface area contributed by atoms with Gasteiger partial charge in [-0.15, -0.1) is 0 Å². The van der Waals surface area contributed by atoms with Crippen molar-refractivity contribution in [3.8, 4) is 0 Å². The molecular weight excluding hydrogens is 891 g/mol. The molecule has 2 rings (SSSR count). The smallest absolute Gasteiger partial charge is 0.462 e. The van der Waals surface area contributed by atoms with Gasteiger partial charge in [0.05, 0.1) is 24.9 Å². The Labute approximate surface area is 399 Å². The van der Waals surface area contributed by atoms with E-state index in [9.17, 15) is 59.9 Å². The van der Waals surface area contributed by atoms with Gasteiger partial charge in [0.15, 0.2) is 12.4 Å². The van der Waals surface area contributed by atoms with Crippen molar-refractivity contribution >= 4 is 19.8 Å². The van der Waals surface area contributed by atoms with Crippen molar-refractivity contribution in [2.24, 2.45) is 5.92 Å². The molecule has 0 aromatic rings. The number of aliphatic hydroxyl groups excluding tert-OH is 8. The summed E-state index contributed by atoms with van der Waals surface area (Å²) in [4.78, 5) is 36.6. The van der Waals surface area contributed by atoms with Gasteiger partial charge in [-0.2, -0.15) is 0 Å². The van der Waals surface area contributed by atoms with Crippen molar-refractivity contribution in [1.29, 1.82) is 0 Å². The Morgan fingerprint density at radius 3 is 1.90 bits per heavy atom. The zero-order chi connectivity index (χ0) is 49.5. The zero-order valence-corrected chi connectivity index (χ0v) is 41.4. The molecule has 9 N–H and O–H groups in total. The van der Waals surface area contributed by atoms with Crippen LogP contribution in [-0.4, -0.2) is 138 Å². The first-order valence-electron chi connectivity index (χ1n) is 25.5.